The molecule has 0 aliphatic rings. The van der Waals surface area contributed by atoms with Crippen LogP contribution in [0.1, 0.15) is 30.6 Å². The van der Waals surface area contributed by atoms with Crippen LogP contribution in [-0.2, 0) is 0 Å². The molecule has 1 aromatic heterocycles. The van der Waals surface area contributed by atoms with E-state index in [-0.39, 0.29) is 5.91 Å². The van der Waals surface area contributed by atoms with Gasteiger partial charge in [0.05, 0.1) is 9.35 Å². The predicted octanol–water partition coefficient (Wildman–Crippen LogP) is 5.05. The van der Waals surface area contributed by atoms with E-state index in [4.69, 9.17) is 0 Å². The Labute approximate surface area is 132 Å². The number of carbonyl (C=O) groups excluding carboxylic acids is 1. The summed E-state index contributed by atoms with van der Waals surface area (Å²) < 4.78 is 0.913. The molecule has 0 radical (unpaired) electrons. The van der Waals surface area contributed by atoms with Crippen LogP contribution in [0.15, 0.2) is 40.2 Å². The maximum Gasteiger partial charge on any atom is 0.255 e. The van der Waals surface area contributed by atoms with Gasteiger partial charge in [0.1, 0.15) is 0 Å². The lowest BCUT2D eigenvalue weighted by atomic mass is 10.1. The summed E-state index contributed by atoms with van der Waals surface area (Å²) in [6, 6.07) is 12.1. The first kappa shape index (κ1) is 15.3. The van der Waals surface area contributed by atoms with Gasteiger partial charge in [-0.3, -0.25) is 4.79 Å². The number of benzene rings is 1. The first-order chi connectivity index (χ1) is 9.67. The van der Waals surface area contributed by atoms with Crippen molar-refractivity contribution in [3.63, 3.8) is 0 Å². The highest BCUT2D eigenvalue weighted by atomic mass is 79.9. The zero-order valence-corrected chi connectivity index (χ0v) is 14.1. The molecule has 0 saturated carbocycles. The van der Waals surface area contributed by atoms with E-state index in [0.29, 0.717) is 0 Å². The molecular weight excluding hydrogens is 334 g/mol. The number of rotatable bonds is 5. The average Bonchev–Trinajstić information content (AvgIpc) is 2.87. The molecule has 0 aliphatic heterocycles. The van der Waals surface area contributed by atoms with Crippen molar-refractivity contribution in [1.29, 1.82) is 0 Å². The van der Waals surface area contributed by atoms with Crippen LogP contribution in [0.3, 0.4) is 0 Å². The van der Waals surface area contributed by atoms with Crippen LogP contribution in [-0.4, -0.2) is 23.9 Å². The number of carbonyl (C=O) groups is 1. The Bertz CT molecular complexity index is 579. The summed E-state index contributed by atoms with van der Waals surface area (Å²) in [5, 5.41) is 0. The third-order valence-electron chi connectivity index (χ3n) is 3.14. The highest BCUT2D eigenvalue weighted by molar-refractivity contribution is 9.11. The van der Waals surface area contributed by atoms with E-state index in [1.165, 1.54) is 0 Å². The Morgan fingerprint density at radius 3 is 2.55 bits per heavy atom. The molecule has 106 valence electrons. The van der Waals surface area contributed by atoms with Crippen molar-refractivity contribution >= 4 is 33.2 Å². The highest BCUT2D eigenvalue weighted by Gasteiger charge is 2.19. The molecule has 0 unspecified atom stereocenters. The normalized spacial score (nSPS) is 10.6. The first-order valence-electron chi connectivity index (χ1n) is 6.81. The monoisotopic (exact) mass is 351 g/mol. The molecule has 1 aromatic carbocycles. The second-order valence-corrected chi connectivity index (χ2v) is 6.92. The van der Waals surface area contributed by atoms with E-state index in [9.17, 15) is 4.79 Å². The maximum atomic E-state index is 12.5. The standard InChI is InChI=1S/C16H18BrNOS/c1-3-10-18(4-2)16(19)13-11-14(20-15(13)17)12-8-6-5-7-9-12/h5-9,11H,3-4,10H2,1-2H3. The van der Waals surface area contributed by atoms with Gasteiger partial charge in [0.2, 0.25) is 0 Å². The summed E-state index contributed by atoms with van der Waals surface area (Å²) in [5.41, 5.74) is 1.92. The van der Waals surface area contributed by atoms with Crippen LogP contribution in [0.25, 0.3) is 10.4 Å². The van der Waals surface area contributed by atoms with Crippen molar-refractivity contribution in [2.24, 2.45) is 0 Å². The van der Waals surface area contributed by atoms with E-state index in [1.54, 1.807) is 11.3 Å². The number of nitrogens with zero attached hydrogens (tertiary/aromatic N) is 1. The molecule has 0 atom stereocenters. The summed E-state index contributed by atoms with van der Waals surface area (Å²) >= 11 is 5.15. The van der Waals surface area contributed by atoms with Crippen LogP contribution in [0.2, 0.25) is 0 Å². The number of halogens is 1. The molecular formula is C16H18BrNOS. The van der Waals surface area contributed by atoms with Gasteiger partial charge >= 0.3 is 0 Å². The van der Waals surface area contributed by atoms with Crippen LogP contribution >= 0.6 is 27.3 Å². The summed E-state index contributed by atoms with van der Waals surface area (Å²) in [6.07, 6.45) is 0.979. The molecule has 1 amide bonds. The summed E-state index contributed by atoms with van der Waals surface area (Å²) in [7, 11) is 0. The van der Waals surface area contributed by atoms with E-state index in [1.807, 2.05) is 36.1 Å². The van der Waals surface area contributed by atoms with Gasteiger partial charge in [-0.2, -0.15) is 0 Å². The molecule has 1 heterocycles. The second-order valence-electron chi connectivity index (χ2n) is 4.55. The van der Waals surface area contributed by atoms with E-state index in [0.717, 1.165) is 39.3 Å². The number of amides is 1. The minimum Gasteiger partial charge on any atom is -0.339 e. The minimum atomic E-state index is 0.111. The lowest BCUT2D eigenvalue weighted by molar-refractivity contribution is 0.0764. The summed E-state index contributed by atoms with van der Waals surface area (Å²) in [4.78, 5) is 15.5. The van der Waals surface area contributed by atoms with E-state index >= 15 is 0 Å². The molecule has 2 rings (SSSR count). The van der Waals surface area contributed by atoms with Crippen LogP contribution in [0.4, 0.5) is 0 Å². The van der Waals surface area contributed by atoms with Gasteiger partial charge in [0.25, 0.3) is 5.91 Å². The van der Waals surface area contributed by atoms with E-state index < -0.39 is 0 Å². The molecule has 4 heteroatoms. The van der Waals surface area contributed by atoms with Gasteiger partial charge in [-0.05, 0) is 40.9 Å². The SMILES string of the molecule is CCCN(CC)C(=O)c1cc(-c2ccccc2)sc1Br. The zero-order chi connectivity index (χ0) is 14.5. The van der Waals surface area contributed by atoms with Crippen molar-refractivity contribution in [1.82, 2.24) is 4.90 Å². The van der Waals surface area contributed by atoms with Crippen LogP contribution in [0, 0.1) is 0 Å². The molecule has 20 heavy (non-hydrogen) atoms. The zero-order valence-electron chi connectivity index (χ0n) is 11.7. The van der Waals surface area contributed by atoms with Crippen molar-refractivity contribution in [3.8, 4) is 10.4 Å². The van der Waals surface area contributed by atoms with Gasteiger partial charge in [-0.1, -0.05) is 37.3 Å². The van der Waals surface area contributed by atoms with Gasteiger partial charge in [0, 0.05) is 18.0 Å². The Morgan fingerprint density at radius 1 is 1.25 bits per heavy atom. The minimum absolute atomic E-state index is 0.111. The maximum absolute atomic E-state index is 12.5. The number of thiophene rings is 1. The number of hydrogen-bond acceptors (Lipinski definition) is 2. The topological polar surface area (TPSA) is 20.3 Å². The smallest absolute Gasteiger partial charge is 0.255 e. The fourth-order valence-corrected chi connectivity index (χ4v) is 3.79. The highest BCUT2D eigenvalue weighted by Crippen LogP contribution is 2.35. The fraction of sp³-hybridized carbons (Fsp3) is 0.312. The summed E-state index contributed by atoms with van der Waals surface area (Å²) in [5.74, 6) is 0.111. The predicted molar refractivity (Wildman–Crippen MR) is 89.3 cm³/mol. The van der Waals surface area contributed by atoms with Crippen LogP contribution < -0.4 is 0 Å². The Hall–Kier alpha value is -1.13. The lowest BCUT2D eigenvalue weighted by Crippen LogP contribution is -2.31. The van der Waals surface area contributed by atoms with Gasteiger partial charge < -0.3 is 4.90 Å². The lowest BCUT2D eigenvalue weighted by Gasteiger charge is -2.19. The van der Waals surface area contributed by atoms with Crippen LogP contribution in [0.5, 0.6) is 0 Å². The average molecular weight is 352 g/mol. The molecule has 0 bridgehead atoms. The molecule has 0 fully saturated rings. The third kappa shape index (κ3) is 3.30. The molecule has 2 nitrogen and oxygen atoms in total. The molecule has 2 aromatic rings. The third-order valence-corrected chi connectivity index (χ3v) is 5.02. The van der Waals surface area contributed by atoms with E-state index in [2.05, 4.69) is 35.0 Å². The molecule has 0 saturated heterocycles. The van der Waals surface area contributed by atoms with Crippen molar-refractivity contribution in [2.75, 3.05) is 13.1 Å². The van der Waals surface area contributed by atoms with Crippen molar-refractivity contribution in [2.45, 2.75) is 20.3 Å². The van der Waals surface area contributed by atoms with Gasteiger partial charge in [0.15, 0.2) is 0 Å². The Balaban J connectivity index is 2.30. The van der Waals surface area contributed by atoms with Crippen molar-refractivity contribution < 1.29 is 4.79 Å². The quantitative estimate of drug-likeness (QED) is 0.737. The Morgan fingerprint density at radius 2 is 1.95 bits per heavy atom. The Kier molecular flexibility index (Phi) is 5.38. The largest absolute Gasteiger partial charge is 0.339 e. The number of hydrogen-bond donors (Lipinski definition) is 0. The van der Waals surface area contributed by atoms with Gasteiger partial charge in [-0.25, -0.2) is 0 Å². The molecule has 0 N–H and O–H groups in total. The first-order valence-corrected chi connectivity index (χ1v) is 8.42. The van der Waals surface area contributed by atoms with Gasteiger partial charge in [-0.15, -0.1) is 11.3 Å². The van der Waals surface area contributed by atoms with Crippen molar-refractivity contribution in [3.05, 3.63) is 45.7 Å². The molecule has 0 spiro atoms. The summed E-state index contributed by atoms with van der Waals surface area (Å²) in [6.45, 7) is 5.66. The molecule has 0 aliphatic carbocycles. The second kappa shape index (κ2) is 7.04. The fourth-order valence-electron chi connectivity index (χ4n) is 2.10.